The van der Waals surface area contributed by atoms with Gasteiger partial charge in [0.2, 0.25) is 5.91 Å². The molecule has 0 spiro atoms. The molecule has 0 bridgehead atoms. The van der Waals surface area contributed by atoms with Gasteiger partial charge in [0, 0.05) is 31.5 Å². The van der Waals surface area contributed by atoms with Gasteiger partial charge in [-0.15, -0.1) is 12.4 Å². The van der Waals surface area contributed by atoms with Crippen LogP contribution in [0.1, 0.15) is 56.7 Å². The zero-order valence-corrected chi connectivity index (χ0v) is 14.6. The van der Waals surface area contributed by atoms with Crippen LogP contribution in [0.3, 0.4) is 0 Å². The fourth-order valence-corrected chi connectivity index (χ4v) is 2.98. The highest BCUT2D eigenvalue weighted by Gasteiger charge is 2.27. The number of halogens is 1. The van der Waals surface area contributed by atoms with E-state index in [1.807, 2.05) is 4.68 Å². The van der Waals surface area contributed by atoms with Gasteiger partial charge in [-0.3, -0.25) is 4.79 Å². The van der Waals surface area contributed by atoms with E-state index in [1.165, 1.54) is 0 Å². The monoisotopic (exact) mass is 343 g/mol. The fourth-order valence-electron chi connectivity index (χ4n) is 2.98. The summed E-state index contributed by atoms with van der Waals surface area (Å²) in [5, 5.41) is 11.0. The average molecular weight is 344 g/mol. The molecule has 130 valence electrons. The normalized spacial score (nSPS) is 24.0. The van der Waals surface area contributed by atoms with E-state index in [-0.39, 0.29) is 30.4 Å². The topological polar surface area (TPSA) is 81.1 Å². The molecule has 1 aromatic heterocycles. The van der Waals surface area contributed by atoms with Crippen molar-refractivity contribution in [2.75, 3.05) is 19.8 Å². The van der Waals surface area contributed by atoms with Crippen LogP contribution < -0.4 is 10.6 Å². The minimum Gasteiger partial charge on any atom is -0.378 e. The summed E-state index contributed by atoms with van der Waals surface area (Å²) in [6, 6.07) is 0.0900. The molecular formula is C15H26ClN5O2. The maximum atomic E-state index is 12.3. The van der Waals surface area contributed by atoms with E-state index in [4.69, 9.17) is 4.74 Å². The van der Waals surface area contributed by atoms with Crippen molar-refractivity contribution >= 4 is 18.3 Å². The number of nitrogens with one attached hydrogen (secondary N) is 2. The quantitative estimate of drug-likeness (QED) is 0.857. The molecule has 2 aliphatic rings. The van der Waals surface area contributed by atoms with Gasteiger partial charge in [-0.1, -0.05) is 13.8 Å². The van der Waals surface area contributed by atoms with Crippen molar-refractivity contribution in [1.82, 2.24) is 25.4 Å². The number of ether oxygens (including phenoxy) is 1. The van der Waals surface area contributed by atoms with Crippen LogP contribution in [0.4, 0.5) is 0 Å². The van der Waals surface area contributed by atoms with Gasteiger partial charge in [0.15, 0.2) is 5.82 Å². The van der Waals surface area contributed by atoms with Gasteiger partial charge in [-0.05, 0) is 12.8 Å². The summed E-state index contributed by atoms with van der Waals surface area (Å²) in [4.78, 5) is 16.9. The lowest BCUT2D eigenvalue weighted by Crippen LogP contribution is -2.45. The SMILES string of the molecule is CC(C)c1nc2n(n1)CCCC2NC(=O)CC1COCCN1.Cl. The van der Waals surface area contributed by atoms with Gasteiger partial charge in [-0.25, -0.2) is 9.67 Å². The third kappa shape index (κ3) is 4.43. The number of nitrogens with zero attached hydrogens (tertiary/aromatic N) is 3. The molecule has 0 aromatic carbocycles. The fraction of sp³-hybridized carbons (Fsp3) is 0.800. The van der Waals surface area contributed by atoms with Gasteiger partial charge >= 0.3 is 0 Å². The van der Waals surface area contributed by atoms with Crippen LogP contribution in [-0.2, 0) is 16.1 Å². The Balaban J connectivity index is 0.00000192. The first-order valence-corrected chi connectivity index (χ1v) is 8.18. The van der Waals surface area contributed by atoms with E-state index < -0.39 is 0 Å². The number of aryl methyl sites for hydroxylation is 1. The lowest BCUT2D eigenvalue weighted by molar-refractivity contribution is -0.123. The van der Waals surface area contributed by atoms with E-state index in [9.17, 15) is 4.79 Å². The summed E-state index contributed by atoms with van der Waals surface area (Å²) in [6.07, 6.45) is 2.39. The number of carbonyl (C=O) groups is 1. The van der Waals surface area contributed by atoms with Crippen LogP contribution in [-0.4, -0.2) is 46.5 Å². The summed E-state index contributed by atoms with van der Waals surface area (Å²) < 4.78 is 7.34. The molecule has 0 saturated carbocycles. The number of hydrogen-bond acceptors (Lipinski definition) is 5. The number of rotatable bonds is 4. The first-order chi connectivity index (χ1) is 10.6. The first-order valence-electron chi connectivity index (χ1n) is 8.18. The minimum atomic E-state index is -0.0224. The molecule has 3 heterocycles. The van der Waals surface area contributed by atoms with Crippen molar-refractivity contribution in [3.63, 3.8) is 0 Å². The Morgan fingerprint density at radius 2 is 2.35 bits per heavy atom. The second-order valence-corrected chi connectivity index (χ2v) is 6.40. The van der Waals surface area contributed by atoms with Crippen molar-refractivity contribution in [3.8, 4) is 0 Å². The van der Waals surface area contributed by atoms with Crippen LogP contribution in [0.25, 0.3) is 0 Å². The summed E-state index contributed by atoms with van der Waals surface area (Å²) in [7, 11) is 0. The van der Waals surface area contributed by atoms with Gasteiger partial charge in [0.1, 0.15) is 5.82 Å². The Morgan fingerprint density at radius 3 is 3.04 bits per heavy atom. The number of morpholine rings is 1. The van der Waals surface area contributed by atoms with E-state index in [0.29, 0.717) is 18.9 Å². The number of aromatic nitrogens is 3. The lowest BCUT2D eigenvalue weighted by atomic mass is 10.1. The first kappa shape index (κ1) is 18.2. The molecule has 1 amide bonds. The molecule has 1 fully saturated rings. The van der Waals surface area contributed by atoms with Crippen LogP contribution >= 0.6 is 12.4 Å². The number of amides is 1. The molecule has 2 atom stereocenters. The average Bonchev–Trinajstić information content (AvgIpc) is 2.93. The van der Waals surface area contributed by atoms with Gasteiger partial charge in [0.05, 0.1) is 19.3 Å². The standard InChI is InChI=1S/C15H25N5O2.ClH/c1-10(2)14-18-15-12(4-3-6-20(15)19-14)17-13(21)8-11-9-22-7-5-16-11;/h10-12,16H,3-9H2,1-2H3,(H,17,21);1H. The molecular weight excluding hydrogens is 318 g/mol. The summed E-state index contributed by atoms with van der Waals surface area (Å²) in [6.45, 7) is 7.20. The number of hydrogen-bond donors (Lipinski definition) is 2. The highest BCUT2D eigenvalue weighted by Crippen LogP contribution is 2.25. The Labute approximate surface area is 143 Å². The van der Waals surface area contributed by atoms with Crippen molar-refractivity contribution in [1.29, 1.82) is 0 Å². The molecule has 1 aromatic rings. The second-order valence-electron chi connectivity index (χ2n) is 6.40. The van der Waals surface area contributed by atoms with Crippen LogP contribution in [0.15, 0.2) is 0 Å². The highest BCUT2D eigenvalue weighted by molar-refractivity contribution is 5.85. The molecule has 0 aliphatic carbocycles. The van der Waals surface area contributed by atoms with Crippen LogP contribution in [0.5, 0.6) is 0 Å². The molecule has 2 aliphatic heterocycles. The number of fused-ring (bicyclic) bond motifs is 1. The van der Waals surface area contributed by atoms with Gasteiger partial charge < -0.3 is 15.4 Å². The molecule has 2 unspecified atom stereocenters. The largest absolute Gasteiger partial charge is 0.378 e. The molecule has 1 saturated heterocycles. The smallest absolute Gasteiger partial charge is 0.222 e. The Bertz CT molecular complexity index is 528. The van der Waals surface area contributed by atoms with Crippen molar-refractivity contribution in [3.05, 3.63) is 11.6 Å². The zero-order chi connectivity index (χ0) is 15.5. The Kier molecular flexibility index (Phi) is 6.38. The molecule has 2 N–H and O–H groups in total. The summed E-state index contributed by atoms with van der Waals surface area (Å²) in [5.41, 5.74) is 0. The van der Waals surface area contributed by atoms with E-state index in [2.05, 4.69) is 34.6 Å². The van der Waals surface area contributed by atoms with E-state index in [1.54, 1.807) is 0 Å². The molecule has 8 heteroatoms. The van der Waals surface area contributed by atoms with Crippen molar-refractivity contribution in [2.45, 2.75) is 57.7 Å². The van der Waals surface area contributed by atoms with Gasteiger partial charge in [0.25, 0.3) is 0 Å². The predicted molar refractivity (Wildman–Crippen MR) is 88.7 cm³/mol. The second kappa shape index (κ2) is 8.08. The van der Waals surface area contributed by atoms with Crippen LogP contribution in [0, 0.1) is 0 Å². The minimum absolute atomic E-state index is 0. The lowest BCUT2D eigenvalue weighted by Gasteiger charge is -2.26. The third-order valence-corrected chi connectivity index (χ3v) is 4.17. The summed E-state index contributed by atoms with van der Waals surface area (Å²) in [5.74, 6) is 2.11. The van der Waals surface area contributed by atoms with E-state index >= 15 is 0 Å². The molecule has 23 heavy (non-hydrogen) atoms. The Morgan fingerprint density at radius 1 is 1.52 bits per heavy atom. The third-order valence-electron chi connectivity index (χ3n) is 4.17. The molecule has 7 nitrogen and oxygen atoms in total. The maximum absolute atomic E-state index is 12.3. The van der Waals surface area contributed by atoms with Crippen LogP contribution in [0.2, 0.25) is 0 Å². The molecule has 0 radical (unpaired) electrons. The van der Waals surface area contributed by atoms with Crippen molar-refractivity contribution < 1.29 is 9.53 Å². The van der Waals surface area contributed by atoms with Crippen molar-refractivity contribution in [2.24, 2.45) is 0 Å². The van der Waals surface area contributed by atoms with E-state index in [0.717, 1.165) is 44.2 Å². The highest BCUT2D eigenvalue weighted by atomic mass is 35.5. The maximum Gasteiger partial charge on any atom is 0.222 e. The van der Waals surface area contributed by atoms with Gasteiger partial charge in [-0.2, -0.15) is 5.10 Å². The summed E-state index contributed by atoms with van der Waals surface area (Å²) >= 11 is 0. The number of carbonyl (C=O) groups excluding carboxylic acids is 1. The Hall–Kier alpha value is -1.18. The predicted octanol–water partition coefficient (Wildman–Crippen LogP) is 1.15. The molecule has 3 rings (SSSR count). The zero-order valence-electron chi connectivity index (χ0n) is 13.7.